The first-order valence-corrected chi connectivity index (χ1v) is 9.07. The van der Waals surface area contributed by atoms with E-state index in [2.05, 4.69) is 66.0 Å². The molecule has 2 aromatic rings. The normalized spacial score (nSPS) is 25.1. The highest BCUT2D eigenvalue weighted by atomic mass is 16.1. The highest BCUT2D eigenvalue weighted by Crippen LogP contribution is 2.51. The van der Waals surface area contributed by atoms with Crippen LogP contribution in [-0.4, -0.2) is 12.5 Å². The van der Waals surface area contributed by atoms with Gasteiger partial charge in [-0.3, -0.25) is 4.79 Å². The fraction of sp³-hybridized carbons (Fsp3) is 0.409. The van der Waals surface area contributed by atoms with Crippen LogP contribution in [0.4, 0.5) is 0 Å². The van der Waals surface area contributed by atoms with Crippen LogP contribution in [0.2, 0.25) is 0 Å². The third kappa shape index (κ3) is 3.24. The summed E-state index contributed by atoms with van der Waals surface area (Å²) in [6.07, 6.45) is 5.35. The van der Waals surface area contributed by atoms with E-state index in [0.29, 0.717) is 11.8 Å². The predicted molar refractivity (Wildman–Crippen MR) is 96.6 cm³/mol. The Morgan fingerprint density at radius 2 is 1.33 bits per heavy atom. The van der Waals surface area contributed by atoms with Crippen LogP contribution in [0, 0.1) is 17.3 Å². The number of carbonyl (C=O) groups is 1. The number of carbonyl (C=O) groups excluding carboxylic acids is 1. The lowest BCUT2D eigenvalue weighted by Gasteiger charge is -2.20. The molecular formula is C22H25NO. The van der Waals surface area contributed by atoms with Gasteiger partial charge in [0, 0.05) is 13.0 Å². The van der Waals surface area contributed by atoms with E-state index in [4.69, 9.17) is 0 Å². The molecule has 1 spiro atoms. The summed E-state index contributed by atoms with van der Waals surface area (Å²) >= 11 is 0. The van der Waals surface area contributed by atoms with Crippen LogP contribution in [0.5, 0.6) is 0 Å². The van der Waals surface area contributed by atoms with E-state index in [0.717, 1.165) is 25.8 Å². The van der Waals surface area contributed by atoms with Gasteiger partial charge in [0.2, 0.25) is 5.91 Å². The minimum Gasteiger partial charge on any atom is -0.356 e. The van der Waals surface area contributed by atoms with Crippen molar-refractivity contribution in [3.63, 3.8) is 0 Å². The fourth-order valence-electron chi connectivity index (χ4n) is 4.88. The van der Waals surface area contributed by atoms with Gasteiger partial charge in [-0.25, -0.2) is 0 Å². The Morgan fingerprint density at radius 1 is 0.833 bits per heavy atom. The average Bonchev–Trinajstić information content (AvgIpc) is 3.12. The van der Waals surface area contributed by atoms with Crippen molar-refractivity contribution in [2.45, 2.75) is 32.1 Å². The molecule has 1 saturated heterocycles. The molecule has 2 atom stereocenters. The van der Waals surface area contributed by atoms with Gasteiger partial charge < -0.3 is 5.32 Å². The molecule has 124 valence electrons. The first-order valence-electron chi connectivity index (χ1n) is 9.07. The monoisotopic (exact) mass is 319 g/mol. The van der Waals surface area contributed by atoms with Crippen LogP contribution >= 0.6 is 0 Å². The quantitative estimate of drug-likeness (QED) is 0.906. The number of nitrogens with one attached hydrogen (secondary N) is 1. The Kier molecular flexibility index (Phi) is 4.13. The third-order valence-electron chi connectivity index (χ3n) is 5.93. The summed E-state index contributed by atoms with van der Waals surface area (Å²) in [7, 11) is 0. The van der Waals surface area contributed by atoms with Crippen molar-refractivity contribution in [1.82, 2.24) is 5.32 Å². The zero-order valence-electron chi connectivity index (χ0n) is 14.1. The van der Waals surface area contributed by atoms with Crippen molar-refractivity contribution in [2.24, 2.45) is 17.3 Å². The van der Waals surface area contributed by atoms with Crippen LogP contribution in [0.1, 0.15) is 30.4 Å². The molecule has 2 aliphatic rings. The highest BCUT2D eigenvalue weighted by Gasteiger charge is 2.48. The maximum Gasteiger partial charge on any atom is 0.220 e. The SMILES string of the molecule is O=C1CC2(CN1)C[C@H](Cc1ccccc1)[C@@H](Cc1ccccc1)C2. The lowest BCUT2D eigenvalue weighted by Crippen LogP contribution is -2.21. The summed E-state index contributed by atoms with van der Waals surface area (Å²) < 4.78 is 0. The smallest absolute Gasteiger partial charge is 0.220 e. The average molecular weight is 319 g/mol. The molecule has 1 N–H and O–H groups in total. The molecule has 4 rings (SSSR count). The molecule has 0 aromatic heterocycles. The van der Waals surface area contributed by atoms with E-state index >= 15 is 0 Å². The molecule has 24 heavy (non-hydrogen) atoms. The van der Waals surface area contributed by atoms with Crippen LogP contribution in [-0.2, 0) is 17.6 Å². The summed E-state index contributed by atoms with van der Waals surface area (Å²) in [5, 5.41) is 3.08. The summed E-state index contributed by atoms with van der Waals surface area (Å²) in [5.41, 5.74) is 3.06. The van der Waals surface area contributed by atoms with E-state index in [-0.39, 0.29) is 11.3 Å². The second-order valence-electron chi connectivity index (χ2n) is 7.76. The molecule has 0 bridgehead atoms. The molecule has 2 aromatic carbocycles. The second kappa shape index (κ2) is 6.43. The van der Waals surface area contributed by atoms with Crippen LogP contribution in [0.25, 0.3) is 0 Å². The van der Waals surface area contributed by atoms with Crippen LogP contribution in [0.15, 0.2) is 60.7 Å². The Hall–Kier alpha value is -2.09. The summed E-state index contributed by atoms with van der Waals surface area (Å²) in [6.45, 7) is 0.877. The fourth-order valence-corrected chi connectivity index (χ4v) is 4.88. The molecule has 1 heterocycles. The Bertz CT molecular complexity index is 645. The van der Waals surface area contributed by atoms with Gasteiger partial charge in [0.05, 0.1) is 0 Å². The molecule has 2 fully saturated rings. The topological polar surface area (TPSA) is 29.1 Å². The van der Waals surface area contributed by atoms with Crippen molar-refractivity contribution in [1.29, 1.82) is 0 Å². The largest absolute Gasteiger partial charge is 0.356 e. The standard InChI is InChI=1S/C22H25NO/c24-21-15-22(16-23-21)13-19(11-17-7-3-1-4-8-17)20(14-22)12-18-9-5-2-6-10-18/h1-10,19-20H,11-16H2,(H,23,24)/t19-,20-/m0/s1. The van der Waals surface area contributed by atoms with Gasteiger partial charge in [-0.2, -0.15) is 0 Å². The second-order valence-corrected chi connectivity index (χ2v) is 7.76. The van der Waals surface area contributed by atoms with Gasteiger partial charge in [-0.05, 0) is 54.1 Å². The first-order chi connectivity index (χ1) is 11.7. The maximum absolute atomic E-state index is 11.8. The van der Waals surface area contributed by atoms with Gasteiger partial charge in [0.25, 0.3) is 0 Å². The van der Waals surface area contributed by atoms with Crippen LogP contribution < -0.4 is 5.32 Å². The van der Waals surface area contributed by atoms with Crippen molar-refractivity contribution in [3.05, 3.63) is 71.8 Å². The number of hydrogen-bond donors (Lipinski definition) is 1. The van der Waals surface area contributed by atoms with Crippen molar-refractivity contribution in [3.8, 4) is 0 Å². The van der Waals surface area contributed by atoms with Crippen molar-refractivity contribution < 1.29 is 4.79 Å². The predicted octanol–water partition coefficient (Wildman–Crippen LogP) is 4.00. The number of rotatable bonds is 4. The minimum absolute atomic E-state index is 0.204. The molecule has 0 radical (unpaired) electrons. The van der Waals surface area contributed by atoms with E-state index in [9.17, 15) is 4.79 Å². The molecule has 2 nitrogen and oxygen atoms in total. The lowest BCUT2D eigenvalue weighted by atomic mass is 9.83. The van der Waals surface area contributed by atoms with Crippen LogP contribution in [0.3, 0.4) is 0 Å². The first kappa shape index (κ1) is 15.4. The molecule has 1 aliphatic heterocycles. The van der Waals surface area contributed by atoms with E-state index in [1.54, 1.807) is 0 Å². The zero-order valence-corrected chi connectivity index (χ0v) is 14.1. The Morgan fingerprint density at radius 3 is 1.75 bits per heavy atom. The summed E-state index contributed by atoms with van der Waals surface area (Å²) in [4.78, 5) is 11.8. The van der Waals surface area contributed by atoms with Gasteiger partial charge >= 0.3 is 0 Å². The van der Waals surface area contributed by atoms with E-state index in [1.807, 2.05) is 0 Å². The van der Waals surface area contributed by atoms with E-state index < -0.39 is 0 Å². The van der Waals surface area contributed by atoms with Gasteiger partial charge in [-0.1, -0.05) is 60.7 Å². The lowest BCUT2D eigenvalue weighted by molar-refractivity contribution is -0.119. The van der Waals surface area contributed by atoms with Gasteiger partial charge in [0.1, 0.15) is 0 Å². The van der Waals surface area contributed by atoms with Crippen molar-refractivity contribution >= 4 is 5.91 Å². The third-order valence-corrected chi connectivity index (χ3v) is 5.93. The maximum atomic E-state index is 11.8. The number of amides is 1. The highest BCUT2D eigenvalue weighted by molar-refractivity contribution is 5.79. The minimum atomic E-state index is 0.204. The Balaban J connectivity index is 1.54. The Labute approximate surface area is 144 Å². The molecule has 2 heteroatoms. The molecule has 1 saturated carbocycles. The summed E-state index contributed by atoms with van der Waals surface area (Å²) in [6, 6.07) is 21.7. The van der Waals surface area contributed by atoms with Gasteiger partial charge in [0.15, 0.2) is 0 Å². The molecule has 1 aliphatic carbocycles. The molecule has 1 amide bonds. The summed E-state index contributed by atoms with van der Waals surface area (Å²) in [5.74, 6) is 1.58. The van der Waals surface area contributed by atoms with Crippen molar-refractivity contribution in [2.75, 3.05) is 6.54 Å². The number of hydrogen-bond acceptors (Lipinski definition) is 1. The molecule has 0 unspecified atom stereocenters. The van der Waals surface area contributed by atoms with Gasteiger partial charge in [-0.15, -0.1) is 0 Å². The number of benzene rings is 2. The van der Waals surface area contributed by atoms with E-state index in [1.165, 1.54) is 24.0 Å². The molecular weight excluding hydrogens is 294 g/mol. The zero-order chi connectivity index (χ0) is 16.4.